The van der Waals surface area contributed by atoms with Crippen LogP contribution in [0.15, 0.2) is 18.2 Å². The summed E-state index contributed by atoms with van der Waals surface area (Å²) in [6.45, 7) is 0.732. The van der Waals surface area contributed by atoms with Gasteiger partial charge in [-0.3, -0.25) is 4.79 Å². The Morgan fingerprint density at radius 1 is 1.47 bits per heavy atom. The van der Waals surface area contributed by atoms with E-state index < -0.39 is 18.9 Å². The summed E-state index contributed by atoms with van der Waals surface area (Å²) in [6.07, 6.45) is -2.63. The molecular weight excluding hydrogens is 254 g/mol. The summed E-state index contributed by atoms with van der Waals surface area (Å²) in [6, 6.07) is 5.11. The van der Waals surface area contributed by atoms with Gasteiger partial charge in [0, 0.05) is 19.3 Å². The Bertz CT molecular complexity index is 439. The molecule has 2 N–H and O–H groups in total. The first-order chi connectivity index (χ1) is 8.99. The van der Waals surface area contributed by atoms with Gasteiger partial charge < -0.3 is 15.3 Å². The predicted molar refractivity (Wildman–Crippen MR) is 69.7 cm³/mol. The number of rotatable bonds is 6. The molecule has 106 valence electrons. The molecule has 0 unspecified atom stereocenters. The summed E-state index contributed by atoms with van der Waals surface area (Å²) >= 11 is 0. The maximum absolute atomic E-state index is 12.4. The fourth-order valence-corrected chi connectivity index (χ4v) is 1.78. The third kappa shape index (κ3) is 4.17. The number of hydrogen-bond donors (Lipinski definition) is 2. The molecule has 1 aromatic carbocycles. The molecule has 19 heavy (non-hydrogen) atoms. The number of alkyl halides is 2. The fraction of sp³-hybridized carbons (Fsp3) is 0.462. The first kappa shape index (κ1) is 15.4. The molecule has 1 rings (SSSR count). The molecule has 0 atom stereocenters. The van der Waals surface area contributed by atoms with Gasteiger partial charge in [-0.25, -0.2) is 8.78 Å². The summed E-state index contributed by atoms with van der Waals surface area (Å²) in [4.78, 5) is 13.2. The van der Waals surface area contributed by atoms with Gasteiger partial charge in [-0.1, -0.05) is 6.07 Å². The van der Waals surface area contributed by atoms with Crippen LogP contribution in [0.4, 0.5) is 14.5 Å². The molecule has 0 bridgehead atoms. The molecule has 0 aliphatic rings. The van der Waals surface area contributed by atoms with Gasteiger partial charge in [0.05, 0.1) is 18.7 Å². The van der Waals surface area contributed by atoms with Crippen LogP contribution in [0.3, 0.4) is 0 Å². The summed E-state index contributed by atoms with van der Waals surface area (Å²) < 4.78 is 24.9. The van der Waals surface area contributed by atoms with Crippen molar-refractivity contribution < 1.29 is 18.7 Å². The highest BCUT2D eigenvalue weighted by molar-refractivity contribution is 5.99. The van der Waals surface area contributed by atoms with Crippen molar-refractivity contribution in [3.8, 4) is 0 Å². The molecule has 4 nitrogen and oxygen atoms in total. The first-order valence-electron chi connectivity index (χ1n) is 5.96. The van der Waals surface area contributed by atoms with E-state index in [1.54, 1.807) is 25.2 Å². The third-order valence-corrected chi connectivity index (χ3v) is 2.69. The van der Waals surface area contributed by atoms with Crippen molar-refractivity contribution in [3.63, 3.8) is 0 Å². The molecule has 0 saturated heterocycles. The topological polar surface area (TPSA) is 52.6 Å². The maximum atomic E-state index is 12.4. The van der Waals surface area contributed by atoms with E-state index in [9.17, 15) is 13.6 Å². The van der Waals surface area contributed by atoms with Crippen molar-refractivity contribution in [3.05, 3.63) is 29.3 Å². The second-order valence-electron chi connectivity index (χ2n) is 4.16. The van der Waals surface area contributed by atoms with Gasteiger partial charge in [-0.15, -0.1) is 0 Å². The van der Waals surface area contributed by atoms with E-state index in [0.717, 1.165) is 10.5 Å². The van der Waals surface area contributed by atoms with Gasteiger partial charge in [0.2, 0.25) is 0 Å². The van der Waals surface area contributed by atoms with Gasteiger partial charge in [0.25, 0.3) is 12.3 Å². The standard InChI is InChI=1S/C13H18F2N2O2/c1-9-3-4-10(11(7-9)16-2)13(19)17(5-6-18)8-12(14)15/h3-4,7,12,16,18H,5-6,8H2,1-2H3. The number of aryl methyl sites for hydroxylation is 1. The lowest BCUT2D eigenvalue weighted by atomic mass is 10.1. The zero-order chi connectivity index (χ0) is 14.4. The summed E-state index contributed by atoms with van der Waals surface area (Å²) in [7, 11) is 1.66. The number of nitrogens with zero attached hydrogens (tertiary/aromatic N) is 1. The molecule has 0 radical (unpaired) electrons. The molecule has 0 spiro atoms. The van der Waals surface area contributed by atoms with Crippen molar-refractivity contribution >= 4 is 11.6 Å². The number of aliphatic hydroxyl groups excluding tert-OH is 1. The van der Waals surface area contributed by atoms with Gasteiger partial charge in [-0.05, 0) is 24.6 Å². The van der Waals surface area contributed by atoms with E-state index in [0.29, 0.717) is 11.3 Å². The number of nitrogens with one attached hydrogen (secondary N) is 1. The van der Waals surface area contributed by atoms with Crippen molar-refractivity contribution in [2.45, 2.75) is 13.3 Å². The van der Waals surface area contributed by atoms with Crippen molar-refractivity contribution in [2.24, 2.45) is 0 Å². The Morgan fingerprint density at radius 3 is 2.68 bits per heavy atom. The highest BCUT2D eigenvalue weighted by Gasteiger charge is 2.21. The van der Waals surface area contributed by atoms with Crippen molar-refractivity contribution in [2.75, 3.05) is 32.1 Å². The van der Waals surface area contributed by atoms with Crippen LogP contribution >= 0.6 is 0 Å². The van der Waals surface area contributed by atoms with E-state index >= 15 is 0 Å². The zero-order valence-electron chi connectivity index (χ0n) is 11.0. The Balaban J connectivity index is 3.01. The SMILES string of the molecule is CNc1cc(C)ccc1C(=O)N(CCO)CC(F)F. The largest absolute Gasteiger partial charge is 0.395 e. The Morgan fingerprint density at radius 2 is 2.16 bits per heavy atom. The molecule has 0 saturated carbocycles. The minimum absolute atomic E-state index is 0.111. The second-order valence-corrected chi connectivity index (χ2v) is 4.16. The van der Waals surface area contributed by atoms with Crippen LogP contribution in [0, 0.1) is 6.92 Å². The molecule has 0 aliphatic heterocycles. The summed E-state index contributed by atoms with van der Waals surface area (Å²) in [5, 5.41) is 11.7. The number of hydrogen-bond acceptors (Lipinski definition) is 3. The van der Waals surface area contributed by atoms with E-state index in [1.807, 2.05) is 6.92 Å². The van der Waals surface area contributed by atoms with Gasteiger partial charge in [-0.2, -0.15) is 0 Å². The lowest BCUT2D eigenvalue weighted by molar-refractivity contribution is 0.0510. The number of carbonyl (C=O) groups is 1. The second kappa shape index (κ2) is 7.04. The highest BCUT2D eigenvalue weighted by atomic mass is 19.3. The molecule has 1 aromatic rings. The Hall–Kier alpha value is -1.69. The number of aliphatic hydroxyl groups is 1. The fourth-order valence-electron chi connectivity index (χ4n) is 1.78. The maximum Gasteiger partial charge on any atom is 0.256 e. The average Bonchev–Trinajstić information content (AvgIpc) is 2.36. The van der Waals surface area contributed by atoms with Crippen LogP contribution in [0.1, 0.15) is 15.9 Å². The number of benzene rings is 1. The summed E-state index contributed by atoms with van der Waals surface area (Å²) in [5.41, 5.74) is 1.87. The molecule has 0 heterocycles. The van der Waals surface area contributed by atoms with Crippen LogP contribution in [-0.4, -0.2) is 49.1 Å². The highest BCUT2D eigenvalue weighted by Crippen LogP contribution is 2.19. The molecular formula is C13H18F2N2O2. The van der Waals surface area contributed by atoms with Crippen molar-refractivity contribution in [1.82, 2.24) is 4.90 Å². The lowest BCUT2D eigenvalue weighted by Crippen LogP contribution is -2.37. The van der Waals surface area contributed by atoms with Crippen LogP contribution in [0.5, 0.6) is 0 Å². The van der Waals surface area contributed by atoms with Gasteiger partial charge in [0.1, 0.15) is 0 Å². The predicted octanol–water partition coefficient (Wildman–Crippen LogP) is 1.74. The number of amides is 1. The minimum Gasteiger partial charge on any atom is -0.395 e. The molecule has 0 aliphatic carbocycles. The number of halogens is 2. The van der Waals surface area contributed by atoms with Crippen LogP contribution in [-0.2, 0) is 0 Å². The van der Waals surface area contributed by atoms with E-state index in [4.69, 9.17) is 5.11 Å². The number of anilines is 1. The van der Waals surface area contributed by atoms with Gasteiger partial charge >= 0.3 is 0 Å². The zero-order valence-corrected chi connectivity index (χ0v) is 11.0. The molecule has 0 aromatic heterocycles. The van der Waals surface area contributed by atoms with E-state index in [1.165, 1.54) is 0 Å². The number of carbonyl (C=O) groups excluding carboxylic acids is 1. The first-order valence-corrected chi connectivity index (χ1v) is 5.96. The smallest absolute Gasteiger partial charge is 0.256 e. The molecule has 6 heteroatoms. The Kier molecular flexibility index (Phi) is 5.69. The lowest BCUT2D eigenvalue weighted by Gasteiger charge is -2.22. The van der Waals surface area contributed by atoms with Crippen LogP contribution < -0.4 is 5.32 Å². The molecule has 1 amide bonds. The third-order valence-electron chi connectivity index (χ3n) is 2.69. The monoisotopic (exact) mass is 272 g/mol. The average molecular weight is 272 g/mol. The van der Waals surface area contributed by atoms with Crippen LogP contribution in [0.25, 0.3) is 0 Å². The minimum atomic E-state index is -2.63. The van der Waals surface area contributed by atoms with Gasteiger partial charge in [0.15, 0.2) is 0 Å². The van der Waals surface area contributed by atoms with E-state index in [-0.39, 0.29) is 13.2 Å². The Labute approximate surface area is 111 Å². The van der Waals surface area contributed by atoms with Crippen LogP contribution in [0.2, 0.25) is 0 Å². The quantitative estimate of drug-likeness (QED) is 0.829. The normalized spacial score (nSPS) is 10.6. The summed E-state index contributed by atoms with van der Waals surface area (Å²) in [5.74, 6) is -0.515. The van der Waals surface area contributed by atoms with Crippen molar-refractivity contribution in [1.29, 1.82) is 0 Å². The molecule has 0 fully saturated rings. The van der Waals surface area contributed by atoms with E-state index in [2.05, 4.69) is 5.32 Å².